The molecule has 168 valence electrons. The fourth-order valence-corrected chi connectivity index (χ4v) is 3.32. The van der Waals surface area contributed by atoms with Gasteiger partial charge in [-0.05, 0) is 67.9 Å². The molecule has 0 fully saturated rings. The molecular weight excluding hydrogens is 420 g/mol. The van der Waals surface area contributed by atoms with Gasteiger partial charge in [0, 0.05) is 23.6 Å². The van der Waals surface area contributed by atoms with Crippen LogP contribution in [0.1, 0.15) is 30.6 Å². The maximum Gasteiger partial charge on any atom is 0.338 e. The number of carbonyl (C=O) groups is 2. The van der Waals surface area contributed by atoms with Crippen LogP contribution in [-0.4, -0.2) is 39.5 Å². The van der Waals surface area contributed by atoms with E-state index in [0.717, 1.165) is 11.3 Å². The lowest BCUT2D eigenvalue weighted by molar-refractivity contribution is -0.124. The SMILES string of the molecule is CCOc1ccc(NC(=O)C(CC)OC(=O)c2ccc3nc(-c4cccnc4)[nH]c3c2)cc1. The van der Waals surface area contributed by atoms with Crippen molar-refractivity contribution in [3.05, 3.63) is 72.6 Å². The van der Waals surface area contributed by atoms with Crippen molar-refractivity contribution in [3.63, 3.8) is 0 Å². The Labute approximate surface area is 191 Å². The number of imidazole rings is 1. The molecule has 2 N–H and O–H groups in total. The van der Waals surface area contributed by atoms with Crippen LogP contribution in [0.3, 0.4) is 0 Å². The molecule has 0 bridgehead atoms. The first-order valence-electron chi connectivity index (χ1n) is 10.7. The molecule has 0 aliphatic rings. The third kappa shape index (κ3) is 5.17. The number of ether oxygens (including phenoxy) is 2. The molecule has 33 heavy (non-hydrogen) atoms. The number of H-pyrrole nitrogens is 1. The largest absolute Gasteiger partial charge is 0.494 e. The second-order valence-corrected chi connectivity index (χ2v) is 7.31. The fraction of sp³-hybridized carbons (Fsp3) is 0.200. The Morgan fingerprint density at radius 1 is 1.09 bits per heavy atom. The molecule has 4 aromatic rings. The van der Waals surface area contributed by atoms with Gasteiger partial charge in [-0.25, -0.2) is 9.78 Å². The van der Waals surface area contributed by atoms with Crippen molar-refractivity contribution in [2.45, 2.75) is 26.4 Å². The maximum atomic E-state index is 12.7. The van der Waals surface area contributed by atoms with E-state index in [4.69, 9.17) is 9.47 Å². The summed E-state index contributed by atoms with van der Waals surface area (Å²) >= 11 is 0. The first-order valence-corrected chi connectivity index (χ1v) is 10.7. The number of benzene rings is 2. The van der Waals surface area contributed by atoms with Crippen molar-refractivity contribution in [1.82, 2.24) is 15.0 Å². The fourth-order valence-electron chi connectivity index (χ4n) is 3.32. The van der Waals surface area contributed by atoms with Crippen molar-refractivity contribution < 1.29 is 19.1 Å². The standard InChI is InChI=1S/C25H24N4O4/c1-3-22(24(30)27-18-8-10-19(11-9-18)32-4-2)33-25(31)16-7-12-20-21(14-16)29-23(28-20)17-6-5-13-26-15-17/h5-15,22H,3-4H2,1-2H3,(H,27,30)(H,28,29). The Hall–Kier alpha value is -4.20. The van der Waals surface area contributed by atoms with Crippen LogP contribution in [0.5, 0.6) is 5.75 Å². The van der Waals surface area contributed by atoms with Gasteiger partial charge >= 0.3 is 5.97 Å². The normalized spacial score (nSPS) is 11.7. The van der Waals surface area contributed by atoms with Crippen molar-refractivity contribution in [1.29, 1.82) is 0 Å². The Morgan fingerprint density at radius 2 is 1.91 bits per heavy atom. The van der Waals surface area contributed by atoms with Crippen LogP contribution >= 0.6 is 0 Å². The molecular formula is C25H24N4O4. The van der Waals surface area contributed by atoms with Crippen molar-refractivity contribution in [3.8, 4) is 17.1 Å². The van der Waals surface area contributed by atoms with Crippen molar-refractivity contribution >= 4 is 28.6 Å². The van der Waals surface area contributed by atoms with E-state index in [1.807, 2.05) is 19.1 Å². The molecule has 0 spiro atoms. The molecule has 8 heteroatoms. The molecule has 2 aromatic carbocycles. The first kappa shape index (κ1) is 22.0. The summed E-state index contributed by atoms with van der Waals surface area (Å²) in [6.07, 6.45) is 2.82. The van der Waals surface area contributed by atoms with E-state index >= 15 is 0 Å². The molecule has 2 heterocycles. The van der Waals surface area contributed by atoms with E-state index in [-0.39, 0.29) is 0 Å². The number of aromatic nitrogens is 3. The van der Waals surface area contributed by atoms with Gasteiger partial charge in [0.1, 0.15) is 11.6 Å². The van der Waals surface area contributed by atoms with Gasteiger partial charge in [-0.15, -0.1) is 0 Å². The van der Waals surface area contributed by atoms with Gasteiger partial charge in [-0.3, -0.25) is 9.78 Å². The Bertz CT molecular complexity index is 1250. The van der Waals surface area contributed by atoms with Gasteiger partial charge in [-0.1, -0.05) is 6.92 Å². The Balaban J connectivity index is 1.44. The highest BCUT2D eigenvalue weighted by Crippen LogP contribution is 2.22. The third-order valence-corrected chi connectivity index (χ3v) is 5.00. The van der Waals surface area contributed by atoms with Crippen LogP contribution in [0, 0.1) is 0 Å². The minimum Gasteiger partial charge on any atom is -0.494 e. The number of hydrogen-bond donors (Lipinski definition) is 2. The van der Waals surface area contributed by atoms with Crippen LogP contribution in [0.4, 0.5) is 5.69 Å². The lowest BCUT2D eigenvalue weighted by Crippen LogP contribution is -2.32. The molecule has 0 aliphatic heterocycles. The van der Waals surface area contributed by atoms with Crippen LogP contribution in [-0.2, 0) is 9.53 Å². The average molecular weight is 444 g/mol. The number of carbonyl (C=O) groups excluding carboxylic acids is 2. The Kier molecular flexibility index (Phi) is 6.64. The quantitative estimate of drug-likeness (QED) is 0.385. The molecule has 1 atom stereocenters. The average Bonchev–Trinajstić information content (AvgIpc) is 3.28. The van der Waals surface area contributed by atoms with Gasteiger partial charge < -0.3 is 19.8 Å². The molecule has 8 nitrogen and oxygen atoms in total. The summed E-state index contributed by atoms with van der Waals surface area (Å²) in [5, 5.41) is 2.78. The van der Waals surface area contributed by atoms with E-state index < -0.39 is 18.0 Å². The summed E-state index contributed by atoms with van der Waals surface area (Å²) in [5.74, 6) is 0.402. The zero-order valence-electron chi connectivity index (χ0n) is 18.4. The van der Waals surface area contributed by atoms with Crippen LogP contribution in [0.2, 0.25) is 0 Å². The maximum absolute atomic E-state index is 12.7. The van der Waals surface area contributed by atoms with E-state index in [1.54, 1.807) is 61.8 Å². The number of esters is 1. The van der Waals surface area contributed by atoms with E-state index in [1.165, 1.54) is 0 Å². The number of amides is 1. The zero-order valence-corrected chi connectivity index (χ0v) is 18.4. The predicted molar refractivity (Wildman–Crippen MR) is 125 cm³/mol. The van der Waals surface area contributed by atoms with Gasteiger partial charge in [-0.2, -0.15) is 0 Å². The van der Waals surface area contributed by atoms with Crippen LogP contribution in [0.25, 0.3) is 22.4 Å². The summed E-state index contributed by atoms with van der Waals surface area (Å²) in [5.41, 5.74) is 3.17. The summed E-state index contributed by atoms with van der Waals surface area (Å²) < 4.78 is 10.9. The highest BCUT2D eigenvalue weighted by Gasteiger charge is 2.22. The number of nitrogens with one attached hydrogen (secondary N) is 2. The van der Waals surface area contributed by atoms with Crippen molar-refractivity contribution in [2.75, 3.05) is 11.9 Å². The van der Waals surface area contributed by atoms with E-state index in [9.17, 15) is 9.59 Å². The summed E-state index contributed by atoms with van der Waals surface area (Å²) in [6, 6.07) is 15.8. The van der Waals surface area contributed by atoms with Gasteiger partial charge in [0.15, 0.2) is 6.10 Å². The molecule has 2 aromatic heterocycles. The molecule has 0 saturated heterocycles. The van der Waals surface area contributed by atoms with Gasteiger partial charge in [0.25, 0.3) is 5.91 Å². The minimum absolute atomic E-state index is 0.330. The minimum atomic E-state index is -0.924. The molecule has 0 radical (unpaired) electrons. The second kappa shape index (κ2) is 9.95. The van der Waals surface area contributed by atoms with Crippen LogP contribution < -0.4 is 10.1 Å². The second-order valence-electron chi connectivity index (χ2n) is 7.31. The highest BCUT2D eigenvalue weighted by atomic mass is 16.5. The summed E-state index contributed by atoms with van der Waals surface area (Å²) in [4.78, 5) is 37.2. The molecule has 0 aliphatic carbocycles. The first-order chi connectivity index (χ1) is 16.1. The lowest BCUT2D eigenvalue weighted by Gasteiger charge is -2.16. The topological polar surface area (TPSA) is 106 Å². The number of fused-ring (bicyclic) bond motifs is 1. The Morgan fingerprint density at radius 3 is 2.61 bits per heavy atom. The van der Waals surface area contributed by atoms with Gasteiger partial charge in [0.2, 0.25) is 0 Å². The number of rotatable bonds is 8. The monoisotopic (exact) mass is 444 g/mol. The molecule has 0 saturated carbocycles. The number of aromatic amines is 1. The van der Waals surface area contributed by atoms with E-state index in [2.05, 4.69) is 20.3 Å². The molecule has 1 unspecified atom stereocenters. The molecule has 1 amide bonds. The number of pyridine rings is 1. The third-order valence-electron chi connectivity index (χ3n) is 5.00. The van der Waals surface area contributed by atoms with Crippen molar-refractivity contribution in [2.24, 2.45) is 0 Å². The van der Waals surface area contributed by atoms with E-state index in [0.29, 0.717) is 41.1 Å². The summed E-state index contributed by atoms with van der Waals surface area (Å²) in [6.45, 7) is 4.25. The van der Waals surface area contributed by atoms with Crippen LogP contribution in [0.15, 0.2) is 67.0 Å². The smallest absolute Gasteiger partial charge is 0.338 e. The number of anilines is 1. The highest BCUT2D eigenvalue weighted by molar-refractivity contribution is 5.99. The zero-order chi connectivity index (χ0) is 23.2. The molecule has 4 rings (SSSR count). The predicted octanol–water partition coefficient (Wildman–Crippen LogP) is 4.60. The lowest BCUT2D eigenvalue weighted by atomic mass is 10.2. The number of nitrogens with zero attached hydrogens (tertiary/aromatic N) is 2. The number of hydrogen-bond acceptors (Lipinski definition) is 6. The van der Waals surface area contributed by atoms with Gasteiger partial charge in [0.05, 0.1) is 23.2 Å². The summed E-state index contributed by atoms with van der Waals surface area (Å²) in [7, 11) is 0.